The smallest absolute Gasteiger partial charge is 0.120 e. The molecule has 0 amide bonds. The van der Waals surface area contributed by atoms with Gasteiger partial charge in [0.1, 0.15) is 12.4 Å². The monoisotopic (exact) mass is 291 g/mol. The van der Waals surface area contributed by atoms with E-state index in [4.69, 9.17) is 4.74 Å². The lowest BCUT2D eigenvalue weighted by atomic mass is 9.98. The summed E-state index contributed by atoms with van der Waals surface area (Å²) in [6, 6.07) is 17.7. The van der Waals surface area contributed by atoms with E-state index in [9.17, 15) is 0 Å². The van der Waals surface area contributed by atoms with E-state index in [-0.39, 0.29) is 0 Å². The van der Waals surface area contributed by atoms with Crippen molar-refractivity contribution >= 4 is 0 Å². The lowest BCUT2D eigenvalue weighted by Gasteiger charge is -2.12. The van der Waals surface area contributed by atoms with Gasteiger partial charge in [-0.05, 0) is 60.6 Å². The maximum Gasteiger partial charge on any atom is 0.120 e. The van der Waals surface area contributed by atoms with Crippen LogP contribution in [0.5, 0.6) is 5.75 Å². The first-order valence-corrected chi connectivity index (χ1v) is 7.75. The third-order valence-electron chi connectivity index (χ3n) is 3.56. The van der Waals surface area contributed by atoms with Crippen molar-refractivity contribution in [1.29, 1.82) is 0 Å². The molecule has 0 atom stereocenters. The van der Waals surface area contributed by atoms with Crippen molar-refractivity contribution in [3.05, 3.63) is 90.5 Å². The van der Waals surface area contributed by atoms with Gasteiger partial charge >= 0.3 is 0 Å². The first-order chi connectivity index (χ1) is 10.8. The molecule has 0 saturated heterocycles. The molecule has 0 bridgehead atoms. The minimum absolute atomic E-state index is 0.585. The van der Waals surface area contributed by atoms with E-state index in [1.54, 1.807) is 0 Å². The molecule has 0 aromatic heterocycles. The Morgan fingerprint density at radius 3 is 2.45 bits per heavy atom. The Balaban J connectivity index is 2.07. The summed E-state index contributed by atoms with van der Waals surface area (Å²) < 4.78 is 5.89. The van der Waals surface area contributed by atoms with Gasteiger partial charge in [0.2, 0.25) is 0 Å². The quantitative estimate of drug-likeness (QED) is 0.569. The topological polar surface area (TPSA) is 9.23 Å². The number of allylic oxidation sites excluding steroid dienone is 2. The van der Waals surface area contributed by atoms with Gasteiger partial charge in [0.25, 0.3) is 0 Å². The number of hydrogen-bond donors (Lipinski definition) is 0. The van der Waals surface area contributed by atoms with Crippen molar-refractivity contribution in [2.24, 2.45) is 0 Å². The summed E-state index contributed by atoms with van der Waals surface area (Å²) in [6.07, 6.45) is 7.81. The molecule has 2 aromatic rings. The van der Waals surface area contributed by atoms with Crippen LogP contribution >= 0.6 is 0 Å². The Kier molecular flexibility index (Phi) is 6.50. The maximum absolute atomic E-state index is 5.89. The Morgan fingerprint density at radius 1 is 1.00 bits per heavy atom. The second-order valence-electron chi connectivity index (χ2n) is 5.27. The molecule has 1 heteroatoms. The second kappa shape index (κ2) is 8.89. The number of rotatable bonds is 9. The highest BCUT2D eigenvalue weighted by atomic mass is 16.5. The Hall–Kier alpha value is -2.28. The molecule has 0 saturated carbocycles. The molecule has 0 aliphatic heterocycles. The van der Waals surface area contributed by atoms with Gasteiger partial charge in [0.15, 0.2) is 0 Å². The fraction of sp³-hybridized carbons (Fsp3) is 0.238. The molecule has 1 radical (unpaired) electrons. The zero-order valence-electron chi connectivity index (χ0n) is 13.1. The molecular weight excluding hydrogens is 268 g/mol. The van der Waals surface area contributed by atoms with Crippen molar-refractivity contribution in [1.82, 2.24) is 0 Å². The van der Waals surface area contributed by atoms with Crippen molar-refractivity contribution < 1.29 is 4.74 Å². The molecule has 0 heterocycles. The molecule has 1 nitrogen and oxygen atoms in total. The highest BCUT2D eigenvalue weighted by Crippen LogP contribution is 2.21. The summed E-state index contributed by atoms with van der Waals surface area (Å²) >= 11 is 0. The zero-order valence-corrected chi connectivity index (χ0v) is 13.1. The average molecular weight is 291 g/mol. The third-order valence-corrected chi connectivity index (χ3v) is 3.56. The molecule has 2 aromatic carbocycles. The van der Waals surface area contributed by atoms with Crippen LogP contribution in [-0.4, -0.2) is 0 Å². The van der Waals surface area contributed by atoms with E-state index in [1.807, 2.05) is 36.4 Å². The van der Waals surface area contributed by atoms with Gasteiger partial charge < -0.3 is 4.74 Å². The van der Waals surface area contributed by atoms with Crippen LogP contribution in [-0.2, 0) is 19.4 Å². The summed E-state index contributed by atoms with van der Waals surface area (Å²) in [6.45, 7) is 8.19. The predicted molar refractivity (Wildman–Crippen MR) is 93.1 cm³/mol. The lowest BCUT2D eigenvalue weighted by molar-refractivity contribution is 0.305. The third kappa shape index (κ3) is 4.92. The van der Waals surface area contributed by atoms with Crippen LogP contribution in [0.3, 0.4) is 0 Å². The van der Waals surface area contributed by atoms with Crippen LogP contribution in [0.1, 0.15) is 29.5 Å². The fourth-order valence-corrected chi connectivity index (χ4v) is 2.34. The van der Waals surface area contributed by atoms with E-state index in [0.717, 1.165) is 31.4 Å². The van der Waals surface area contributed by atoms with Crippen LogP contribution in [0.25, 0.3) is 0 Å². The van der Waals surface area contributed by atoms with E-state index < -0.39 is 0 Å². The molecule has 0 aliphatic carbocycles. The van der Waals surface area contributed by atoms with E-state index >= 15 is 0 Å². The normalized spacial score (nSPS) is 10.2. The summed E-state index contributed by atoms with van der Waals surface area (Å²) in [5.41, 5.74) is 3.73. The van der Waals surface area contributed by atoms with Crippen LogP contribution in [0.4, 0.5) is 0 Å². The Bertz CT molecular complexity index is 599. The Morgan fingerprint density at radius 2 is 1.73 bits per heavy atom. The van der Waals surface area contributed by atoms with Crippen LogP contribution in [0.15, 0.2) is 67.8 Å². The lowest BCUT2D eigenvalue weighted by Crippen LogP contribution is -1.99. The SMILES string of the molecule is C=CCCc1[c]cc(OCc2ccccc2)cc1CCC=C. The number of ether oxygens (including phenoxy) is 1. The summed E-state index contributed by atoms with van der Waals surface area (Å²) in [7, 11) is 0. The van der Waals surface area contributed by atoms with Gasteiger partial charge in [-0.25, -0.2) is 0 Å². The van der Waals surface area contributed by atoms with Gasteiger partial charge in [-0.1, -0.05) is 42.5 Å². The van der Waals surface area contributed by atoms with Crippen LogP contribution in [0, 0.1) is 6.07 Å². The zero-order chi connectivity index (χ0) is 15.6. The van der Waals surface area contributed by atoms with Crippen molar-refractivity contribution in [2.45, 2.75) is 32.3 Å². The molecule has 0 fully saturated rings. The van der Waals surface area contributed by atoms with Gasteiger partial charge in [0.05, 0.1) is 0 Å². The fourth-order valence-electron chi connectivity index (χ4n) is 2.34. The molecule has 2 rings (SSSR count). The first kappa shape index (κ1) is 16.1. The number of benzene rings is 2. The predicted octanol–water partition coefficient (Wildman–Crippen LogP) is 5.30. The standard InChI is InChI=1S/C21H23O/c1-3-5-12-19-14-15-21(16-20(19)13-6-4-2)22-17-18-10-8-7-9-11-18/h3-4,7-11,15-16H,1-2,5-6,12-13,17H2. The van der Waals surface area contributed by atoms with Crippen LogP contribution < -0.4 is 4.74 Å². The molecule has 22 heavy (non-hydrogen) atoms. The summed E-state index contributed by atoms with van der Waals surface area (Å²) in [5, 5.41) is 0. The van der Waals surface area contributed by atoms with Gasteiger partial charge in [-0.15, -0.1) is 13.2 Å². The van der Waals surface area contributed by atoms with Gasteiger partial charge in [-0.2, -0.15) is 0 Å². The second-order valence-corrected chi connectivity index (χ2v) is 5.27. The van der Waals surface area contributed by atoms with E-state index in [0.29, 0.717) is 6.61 Å². The molecule has 0 spiro atoms. The summed E-state index contributed by atoms with van der Waals surface area (Å²) in [4.78, 5) is 0. The van der Waals surface area contributed by atoms with Crippen molar-refractivity contribution in [2.75, 3.05) is 0 Å². The van der Waals surface area contributed by atoms with Crippen molar-refractivity contribution in [3.8, 4) is 5.75 Å². The van der Waals surface area contributed by atoms with Gasteiger partial charge in [-0.3, -0.25) is 0 Å². The highest BCUT2D eigenvalue weighted by molar-refractivity contribution is 5.35. The molecule has 113 valence electrons. The first-order valence-electron chi connectivity index (χ1n) is 7.75. The van der Waals surface area contributed by atoms with Gasteiger partial charge in [0, 0.05) is 0 Å². The highest BCUT2D eigenvalue weighted by Gasteiger charge is 2.05. The molecule has 0 aliphatic rings. The van der Waals surface area contributed by atoms with E-state index in [1.165, 1.54) is 16.7 Å². The van der Waals surface area contributed by atoms with Crippen LogP contribution in [0.2, 0.25) is 0 Å². The minimum Gasteiger partial charge on any atom is -0.489 e. The molecule has 0 unspecified atom stereocenters. The average Bonchev–Trinajstić information content (AvgIpc) is 2.58. The molecular formula is C21H23O. The maximum atomic E-state index is 5.89. The number of hydrogen-bond acceptors (Lipinski definition) is 1. The largest absolute Gasteiger partial charge is 0.489 e. The molecule has 0 N–H and O–H groups in total. The summed E-state index contributed by atoms with van der Waals surface area (Å²) in [5.74, 6) is 0.880. The van der Waals surface area contributed by atoms with Crippen molar-refractivity contribution in [3.63, 3.8) is 0 Å². The Labute approximate surface area is 134 Å². The minimum atomic E-state index is 0.585. The van der Waals surface area contributed by atoms with E-state index in [2.05, 4.69) is 37.4 Å². The number of aryl methyl sites for hydroxylation is 2.